The lowest BCUT2D eigenvalue weighted by Crippen LogP contribution is -1.97. The molecule has 3 nitrogen and oxygen atoms in total. The number of nitrogen functional groups attached to an aromatic ring is 1. The zero-order valence-corrected chi connectivity index (χ0v) is 8.41. The van der Waals surface area contributed by atoms with E-state index in [1.807, 2.05) is 13.0 Å². The summed E-state index contributed by atoms with van der Waals surface area (Å²) in [6.07, 6.45) is 1.00. The van der Waals surface area contributed by atoms with Crippen molar-refractivity contribution in [2.75, 3.05) is 5.73 Å². The van der Waals surface area contributed by atoms with E-state index in [2.05, 4.69) is 29.0 Å². The van der Waals surface area contributed by atoms with Gasteiger partial charge in [-0.2, -0.15) is 0 Å². The maximum absolute atomic E-state index is 5.83. The predicted octanol–water partition coefficient (Wildman–Crippen LogP) is 2.08. The second-order valence-corrected chi connectivity index (χ2v) is 3.36. The quantitative estimate of drug-likeness (QED) is 0.743. The van der Waals surface area contributed by atoms with Gasteiger partial charge in [-0.3, -0.25) is 0 Å². The smallest absolute Gasteiger partial charge is 0.135 e. The van der Waals surface area contributed by atoms with E-state index in [0.29, 0.717) is 5.82 Å². The first-order chi connectivity index (χ1) is 6.70. The standard InChI is InChI=1S/C11H13N3/c1-3-8-4-5-10-9(6-8)11(12)14-7(2)13-10/h4-6H,3H2,1-2H3,(H2,12,13,14). The topological polar surface area (TPSA) is 51.8 Å². The van der Waals surface area contributed by atoms with E-state index in [9.17, 15) is 0 Å². The molecule has 0 saturated carbocycles. The summed E-state index contributed by atoms with van der Waals surface area (Å²) >= 11 is 0. The van der Waals surface area contributed by atoms with Crippen LogP contribution in [0.2, 0.25) is 0 Å². The minimum atomic E-state index is 0.572. The molecule has 0 bridgehead atoms. The Labute approximate surface area is 83.0 Å². The zero-order chi connectivity index (χ0) is 10.1. The van der Waals surface area contributed by atoms with Gasteiger partial charge in [-0.15, -0.1) is 0 Å². The number of nitrogens with two attached hydrogens (primary N) is 1. The van der Waals surface area contributed by atoms with Crippen molar-refractivity contribution in [3.05, 3.63) is 29.6 Å². The normalized spacial score (nSPS) is 10.7. The van der Waals surface area contributed by atoms with Gasteiger partial charge in [0.05, 0.1) is 5.52 Å². The lowest BCUT2D eigenvalue weighted by atomic mass is 10.1. The third-order valence-electron chi connectivity index (χ3n) is 2.31. The summed E-state index contributed by atoms with van der Waals surface area (Å²) in [6, 6.07) is 6.14. The molecule has 1 heterocycles. The van der Waals surface area contributed by atoms with Gasteiger partial charge in [-0.05, 0) is 31.0 Å². The Morgan fingerprint density at radius 3 is 2.79 bits per heavy atom. The van der Waals surface area contributed by atoms with Crippen LogP contribution in [0.4, 0.5) is 5.82 Å². The number of hydrogen-bond donors (Lipinski definition) is 1. The molecule has 0 unspecified atom stereocenters. The van der Waals surface area contributed by atoms with Crippen LogP contribution in [-0.4, -0.2) is 9.97 Å². The highest BCUT2D eigenvalue weighted by atomic mass is 14.9. The molecule has 2 N–H and O–H groups in total. The minimum Gasteiger partial charge on any atom is -0.383 e. The van der Waals surface area contributed by atoms with Crippen LogP contribution in [-0.2, 0) is 6.42 Å². The van der Waals surface area contributed by atoms with Gasteiger partial charge in [0.2, 0.25) is 0 Å². The lowest BCUT2D eigenvalue weighted by molar-refractivity contribution is 1.09. The molecule has 1 aromatic carbocycles. The molecule has 14 heavy (non-hydrogen) atoms. The van der Waals surface area contributed by atoms with Crippen molar-refractivity contribution in [2.45, 2.75) is 20.3 Å². The third kappa shape index (κ3) is 1.41. The highest BCUT2D eigenvalue weighted by Gasteiger charge is 2.02. The van der Waals surface area contributed by atoms with Gasteiger partial charge in [0.25, 0.3) is 0 Å². The minimum absolute atomic E-state index is 0.572. The second-order valence-electron chi connectivity index (χ2n) is 3.36. The van der Waals surface area contributed by atoms with E-state index in [1.165, 1.54) is 5.56 Å². The summed E-state index contributed by atoms with van der Waals surface area (Å²) in [5.74, 6) is 1.29. The van der Waals surface area contributed by atoms with Crippen LogP contribution in [0.1, 0.15) is 18.3 Å². The summed E-state index contributed by atoms with van der Waals surface area (Å²) in [6.45, 7) is 3.97. The highest BCUT2D eigenvalue weighted by molar-refractivity contribution is 5.88. The first-order valence-electron chi connectivity index (χ1n) is 4.73. The van der Waals surface area contributed by atoms with Crippen molar-refractivity contribution in [3.8, 4) is 0 Å². The summed E-state index contributed by atoms with van der Waals surface area (Å²) in [5, 5.41) is 0.954. The maximum Gasteiger partial charge on any atom is 0.135 e. The molecular weight excluding hydrogens is 174 g/mol. The molecule has 0 atom stereocenters. The molecule has 72 valence electrons. The highest BCUT2D eigenvalue weighted by Crippen LogP contribution is 2.19. The fraction of sp³-hybridized carbons (Fsp3) is 0.273. The van der Waals surface area contributed by atoms with Crippen LogP contribution in [0, 0.1) is 6.92 Å². The van der Waals surface area contributed by atoms with Gasteiger partial charge in [-0.25, -0.2) is 9.97 Å². The van der Waals surface area contributed by atoms with Crippen LogP contribution >= 0.6 is 0 Å². The summed E-state index contributed by atoms with van der Waals surface area (Å²) in [5.41, 5.74) is 8.01. The van der Waals surface area contributed by atoms with Gasteiger partial charge in [0.1, 0.15) is 11.6 Å². The first-order valence-corrected chi connectivity index (χ1v) is 4.73. The molecule has 0 aliphatic carbocycles. The van der Waals surface area contributed by atoms with Gasteiger partial charge in [0, 0.05) is 5.39 Å². The maximum atomic E-state index is 5.83. The Kier molecular flexibility index (Phi) is 2.08. The molecule has 3 heteroatoms. The molecule has 0 spiro atoms. The number of rotatable bonds is 1. The van der Waals surface area contributed by atoms with Gasteiger partial charge >= 0.3 is 0 Å². The fourth-order valence-electron chi connectivity index (χ4n) is 1.54. The van der Waals surface area contributed by atoms with Crippen molar-refractivity contribution in [1.82, 2.24) is 9.97 Å². The van der Waals surface area contributed by atoms with Crippen molar-refractivity contribution in [1.29, 1.82) is 0 Å². The molecule has 0 fully saturated rings. The molecular formula is C11H13N3. The Morgan fingerprint density at radius 2 is 2.07 bits per heavy atom. The van der Waals surface area contributed by atoms with Gasteiger partial charge in [0.15, 0.2) is 0 Å². The number of hydrogen-bond acceptors (Lipinski definition) is 3. The number of benzene rings is 1. The number of aryl methyl sites for hydroxylation is 2. The molecule has 0 aliphatic rings. The number of aromatic nitrogens is 2. The van der Waals surface area contributed by atoms with Crippen molar-refractivity contribution < 1.29 is 0 Å². The van der Waals surface area contributed by atoms with Crippen molar-refractivity contribution >= 4 is 16.7 Å². The number of anilines is 1. The third-order valence-corrected chi connectivity index (χ3v) is 2.31. The van der Waals surface area contributed by atoms with Crippen LogP contribution in [0.15, 0.2) is 18.2 Å². The molecule has 2 rings (SSSR count). The van der Waals surface area contributed by atoms with Crippen molar-refractivity contribution in [2.24, 2.45) is 0 Å². The van der Waals surface area contributed by atoms with E-state index >= 15 is 0 Å². The van der Waals surface area contributed by atoms with Gasteiger partial charge < -0.3 is 5.73 Å². The Balaban J connectivity index is 2.75. The van der Waals surface area contributed by atoms with E-state index < -0.39 is 0 Å². The van der Waals surface area contributed by atoms with Crippen LogP contribution in [0.25, 0.3) is 10.9 Å². The molecule has 0 saturated heterocycles. The Hall–Kier alpha value is -1.64. The van der Waals surface area contributed by atoms with E-state index in [1.54, 1.807) is 0 Å². The molecule has 2 aromatic rings. The zero-order valence-electron chi connectivity index (χ0n) is 8.41. The van der Waals surface area contributed by atoms with E-state index in [0.717, 1.165) is 23.1 Å². The molecule has 0 radical (unpaired) electrons. The SMILES string of the molecule is CCc1ccc2nc(C)nc(N)c2c1. The summed E-state index contributed by atoms with van der Waals surface area (Å²) in [7, 11) is 0. The lowest BCUT2D eigenvalue weighted by Gasteiger charge is -2.04. The Morgan fingerprint density at radius 1 is 1.29 bits per heavy atom. The average Bonchev–Trinajstić information content (AvgIpc) is 2.17. The van der Waals surface area contributed by atoms with Crippen LogP contribution in [0.5, 0.6) is 0 Å². The van der Waals surface area contributed by atoms with Crippen molar-refractivity contribution in [3.63, 3.8) is 0 Å². The van der Waals surface area contributed by atoms with Gasteiger partial charge in [-0.1, -0.05) is 13.0 Å². The molecule has 1 aromatic heterocycles. The summed E-state index contributed by atoms with van der Waals surface area (Å²) in [4.78, 5) is 8.46. The molecule has 0 aliphatic heterocycles. The largest absolute Gasteiger partial charge is 0.383 e. The number of nitrogens with zero attached hydrogens (tertiary/aromatic N) is 2. The average molecular weight is 187 g/mol. The Bertz CT molecular complexity index is 477. The van der Waals surface area contributed by atoms with Crippen LogP contribution < -0.4 is 5.73 Å². The number of fused-ring (bicyclic) bond motifs is 1. The first kappa shape index (κ1) is 8.94. The summed E-state index contributed by atoms with van der Waals surface area (Å²) < 4.78 is 0. The van der Waals surface area contributed by atoms with E-state index in [4.69, 9.17) is 5.73 Å². The fourth-order valence-corrected chi connectivity index (χ4v) is 1.54. The second kappa shape index (κ2) is 3.25. The predicted molar refractivity (Wildman–Crippen MR) is 58.1 cm³/mol. The van der Waals surface area contributed by atoms with Crippen LogP contribution in [0.3, 0.4) is 0 Å². The molecule has 0 amide bonds. The van der Waals surface area contributed by atoms with E-state index in [-0.39, 0.29) is 0 Å². The monoisotopic (exact) mass is 187 g/mol.